The predicted molar refractivity (Wildman–Crippen MR) is 77.9 cm³/mol. The number of rotatable bonds is 3. The molecule has 0 aliphatic carbocycles. The second-order valence-electron chi connectivity index (χ2n) is 5.66. The van der Waals surface area contributed by atoms with Gasteiger partial charge in [0.2, 0.25) is 0 Å². The van der Waals surface area contributed by atoms with E-state index in [1.165, 1.54) is 6.07 Å². The van der Waals surface area contributed by atoms with Gasteiger partial charge in [-0.3, -0.25) is 0 Å². The number of hydrogen-bond donors (Lipinski definition) is 1. The van der Waals surface area contributed by atoms with Crippen LogP contribution in [0.15, 0.2) is 24.3 Å². The number of anilines is 1. The lowest BCUT2D eigenvalue weighted by Crippen LogP contribution is -2.40. The van der Waals surface area contributed by atoms with Gasteiger partial charge in [-0.25, -0.2) is 4.39 Å². The Balaban J connectivity index is 2.18. The van der Waals surface area contributed by atoms with Crippen molar-refractivity contribution in [2.24, 2.45) is 11.7 Å². The molecule has 0 bridgehead atoms. The zero-order chi connectivity index (χ0) is 13.8. The Bertz CT molecular complexity index is 410. The molecule has 2 atom stereocenters. The van der Waals surface area contributed by atoms with Gasteiger partial charge in [0.05, 0.1) is 0 Å². The van der Waals surface area contributed by atoms with E-state index in [9.17, 15) is 4.39 Å². The summed E-state index contributed by atoms with van der Waals surface area (Å²) < 4.78 is 13.4. The molecule has 0 spiro atoms. The van der Waals surface area contributed by atoms with Crippen LogP contribution >= 0.6 is 0 Å². The summed E-state index contributed by atoms with van der Waals surface area (Å²) in [5.74, 6) is 0.397. The molecule has 1 aliphatic rings. The number of halogens is 1. The highest BCUT2D eigenvalue weighted by Gasteiger charge is 2.25. The molecule has 0 amide bonds. The predicted octanol–water partition coefficient (Wildman–Crippen LogP) is 1.93. The number of likely N-dealkylation sites (N-methyl/N-ethyl adjacent to an activating group) is 1. The molecule has 4 heteroatoms. The molecular formula is C15H24FN3. The van der Waals surface area contributed by atoms with Gasteiger partial charge in [-0.2, -0.15) is 0 Å². The SMILES string of the molecule is CC1CN(c2cccc(F)c2)CC(CCN)N(C)C1. The normalized spacial score (nSPS) is 25.4. The molecule has 0 radical (unpaired) electrons. The monoisotopic (exact) mass is 265 g/mol. The standard InChI is InChI=1S/C15H24FN3/c1-12-9-18(2)15(6-7-17)11-19(10-12)14-5-3-4-13(16)8-14/h3-5,8,12,15H,6-7,9-11,17H2,1-2H3. The second kappa shape index (κ2) is 6.35. The van der Waals surface area contributed by atoms with E-state index in [1.54, 1.807) is 12.1 Å². The Morgan fingerprint density at radius 3 is 2.79 bits per heavy atom. The van der Waals surface area contributed by atoms with Crippen LogP contribution in [0.2, 0.25) is 0 Å². The average molecular weight is 265 g/mol. The molecule has 3 nitrogen and oxygen atoms in total. The fourth-order valence-corrected chi connectivity index (χ4v) is 2.93. The Kier molecular flexibility index (Phi) is 4.77. The maximum atomic E-state index is 13.4. The van der Waals surface area contributed by atoms with Gasteiger partial charge in [0.15, 0.2) is 0 Å². The number of benzene rings is 1. The first kappa shape index (κ1) is 14.3. The topological polar surface area (TPSA) is 32.5 Å². The lowest BCUT2D eigenvalue weighted by molar-refractivity contribution is 0.231. The van der Waals surface area contributed by atoms with Crippen LogP contribution in [0.4, 0.5) is 10.1 Å². The van der Waals surface area contributed by atoms with Gasteiger partial charge >= 0.3 is 0 Å². The minimum Gasteiger partial charge on any atom is -0.370 e. The van der Waals surface area contributed by atoms with Crippen LogP contribution in [-0.2, 0) is 0 Å². The van der Waals surface area contributed by atoms with Crippen molar-refractivity contribution in [1.29, 1.82) is 0 Å². The Labute approximate surface area is 115 Å². The summed E-state index contributed by atoms with van der Waals surface area (Å²) in [6, 6.07) is 7.33. The van der Waals surface area contributed by atoms with Crippen molar-refractivity contribution in [3.05, 3.63) is 30.1 Å². The van der Waals surface area contributed by atoms with Gasteiger partial charge in [-0.05, 0) is 44.1 Å². The summed E-state index contributed by atoms with van der Waals surface area (Å²) in [6.07, 6.45) is 0.981. The molecule has 0 aromatic heterocycles. The molecule has 1 aliphatic heterocycles. The zero-order valence-corrected chi connectivity index (χ0v) is 11.8. The third-order valence-corrected chi connectivity index (χ3v) is 3.86. The van der Waals surface area contributed by atoms with Crippen molar-refractivity contribution >= 4 is 5.69 Å². The first-order valence-corrected chi connectivity index (χ1v) is 7.01. The number of nitrogens with two attached hydrogens (primary N) is 1. The van der Waals surface area contributed by atoms with Crippen LogP contribution in [0.25, 0.3) is 0 Å². The summed E-state index contributed by atoms with van der Waals surface area (Å²) in [7, 11) is 2.16. The second-order valence-corrected chi connectivity index (χ2v) is 5.66. The lowest BCUT2D eigenvalue weighted by Gasteiger charge is -2.29. The first-order chi connectivity index (χ1) is 9.10. The van der Waals surface area contributed by atoms with Crippen molar-refractivity contribution in [1.82, 2.24) is 4.90 Å². The lowest BCUT2D eigenvalue weighted by atomic mass is 10.1. The van der Waals surface area contributed by atoms with Crippen LogP contribution in [0.5, 0.6) is 0 Å². The quantitative estimate of drug-likeness (QED) is 0.906. The molecule has 2 N–H and O–H groups in total. The summed E-state index contributed by atoms with van der Waals surface area (Å²) in [4.78, 5) is 4.67. The summed E-state index contributed by atoms with van der Waals surface area (Å²) >= 11 is 0. The molecular weight excluding hydrogens is 241 g/mol. The molecule has 19 heavy (non-hydrogen) atoms. The highest BCUT2D eigenvalue weighted by atomic mass is 19.1. The van der Waals surface area contributed by atoms with E-state index in [2.05, 4.69) is 23.8 Å². The summed E-state index contributed by atoms with van der Waals surface area (Å²) in [5, 5.41) is 0. The molecule has 1 aromatic carbocycles. The van der Waals surface area contributed by atoms with Gasteiger partial charge in [0.1, 0.15) is 5.82 Å². The van der Waals surface area contributed by atoms with Crippen LogP contribution in [0.1, 0.15) is 13.3 Å². The smallest absolute Gasteiger partial charge is 0.125 e. The van der Waals surface area contributed by atoms with E-state index in [1.807, 2.05) is 6.07 Å². The van der Waals surface area contributed by atoms with Gasteiger partial charge in [-0.1, -0.05) is 13.0 Å². The highest BCUT2D eigenvalue weighted by molar-refractivity contribution is 5.47. The van der Waals surface area contributed by atoms with Crippen molar-refractivity contribution in [3.8, 4) is 0 Å². The summed E-state index contributed by atoms with van der Waals surface area (Å²) in [5.41, 5.74) is 6.69. The Morgan fingerprint density at radius 1 is 1.32 bits per heavy atom. The van der Waals surface area contributed by atoms with Crippen molar-refractivity contribution in [3.63, 3.8) is 0 Å². The van der Waals surface area contributed by atoms with Gasteiger partial charge in [0, 0.05) is 31.4 Å². The maximum Gasteiger partial charge on any atom is 0.125 e. The van der Waals surface area contributed by atoms with E-state index >= 15 is 0 Å². The van der Waals surface area contributed by atoms with E-state index in [0.717, 1.165) is 31.7 Å². The van der Waals surface area contributed by atoms with Crippen molar-refractivity contribution in [2.75, 3.05) is 38.1 Å². The van der Waals surface area contributed by atoms with Gasteiger partial charge in [-0.15, -0.1) is 0 Å². The van der Waals surface area contributed by atoms with Crippen LogP contribution in [0, 0.1) is 11.7 Å². The zero-order valence-electron chi connectivity index (χ0n) is 11.8. The minimum absolute atomic E-state index is 0.168. The first-order valence-electron chi connectivity index (χ1n) is 7.01. The number of nitrogens with zero attached hydrogens (tertiary/aromatic N) is 2. The van der Waals surface area contributed by atoms with Crippen molar-refractivity contribution < 1.29 is 4.39 Å². The molecule has 2 rings (SSSR count). The highest BCUT2D eigenvalue weighted by Crippen LogP contribution is 2.22. The van der Waals surface area contributed by atoms with Gasteiger partial charge < -0.3 is 15.5 Å². The molecule has 106 valence electrons. The van der Waals surface area contributed by atoms with Crippen LogP contribution < -0.4 is 10.6 Å². The molecule has 1 fully saturated rings. The van der Waals surface area contributed by atoms with E-state index in [-0.39, 0.29) is 5.82 Å². The largest absolute Gasteiger partial charge is 0.370 e. The fraction of sp³-hybridized carbons (Fsp3) is 0.600. The van der Waals surface area contributed by atoms with Gasteiger partial charge in [0.25, 0.3) is 0 Å². The third kappa shape index (κ3) is 3.67. The van der Waals surface area contributed by atoms with E-state index < -0.39 is 0 Å². The van der Waals surface area contributed by atoms with Crippen molar-refractivity contribution in [2.45, 2.75) is 19.4 Å². The summed E-state index contributed by atoms with van der Waals surface area (Å²) in [6.45, 7) is 5.89. The van der Waals surface area contributed by atoms with Crippen LogP contribution in [0.3, 0.4) is 0 Å². The number of hydrogen-bond acceptors (Lipinski definition) is 3. The minimum atomic E-state index is -0.168. The van der Waals surface area contributed by atoms with E-state index in [4.69, 9.17) is 5.73 Å². The molecule has 2 unspecified atom stereocenters. The molecule has 1 saturated heterocycles. The molecule has 0 saturated carbocycles. The molecule has 1 heterocycles. The Hall–Kier alpha value is -1.13. The fourth-order valence-electron chi connectivity index (χ4n) is 2.93. The van der Waals surface area contributed by atoms with Crippen LogP contribution in [-0.4, -0.2) is 44.2 Å². The average Bonchev–Trinajstić information content (AvgIpc) is 2.49. The molecule has 1 aromatic rings. The third-order valence-electron chi connectivity index (χ3n) is 3.86. The Morgan fingerprint density at radius 2 is 2.11 bits per heavy atom. The van der Waals surface area contributed by atoms with E-state index in [0.29, 0.717) is 18.5 Å². The maximum absolute atomic E-state index is 13.4.